The zero-order valence-electron chi connectivity index (χ0n) is 15.3. The Bertz CT molecular complexity index is 755. The molecule has 0 unspecified atom stereocenters. The maximum atomic E-state index is 9.87. The number of aryl methyl sites for hydroxylation is 1. The second kappa shape index (κ2) is 7.89. The first-order valence-electron chi connectivity index (χ1n) is 8.23. The van der Waals surface area contributed by atoms with Crippen molar-refractivity contribution in [1.29, 1.82) is 0 Å². The summed E-state index contributed by atoms with van der Waals surface area (Å²) in [6.45, 7) is 6.47. The quantitative estimate of drug-likeness (QED) is 0.294. The molecule has 0 saturated carbocycles. The summed E-state index contributed by atoms with van der Waals surface area (Å²) in [5.41, 5.74) is 3.71. The Morgan fingerprint density at radius 1 is 0.852 bits per heavy atom. The first-order valence-corrected chi connectivity index (χ1v) is 10.3. The van der Waals surface area contributed by atoms with Gasteiger partial charge in [0.25, 0.3) is 0 Å². The summed E-state index contributed by atoms with van der Waals surface area (Å²) in [6.07, 6.45) is 6.36. The third-order valence-electron chi connectivity index (χ3n) is 3.56. The van der Waals surface area contributed by atoms with Crippen molar-refractivity contribution in [1.82, 2.24) is 0 Å². The molecule has 2 nitrogen and oxygen atoms in total. The van der Waals surface area contributed by atoms with E-state index in [0.717, 1.165) is 13.1 Å². The van der Waals surface area contributed by atoms with Crippen LogP contribution in [0.3, 0.4) is 0 Å². The van der Waals surface area contributed by atoms with Crippen LogP contribution in [0.2, 0.25) is 0 Å². The van der Waals surface area contributed by atoms with E-state index in [9.17, 15) is 25.2 Å². The molecule has 0 atom stereocenters. The second-order valence-corrected chi connectivity index (χ2v) is 7.71. The third kappa shape index (κ3) is 11.3. The second-order valence-electron chi connectivity index (χ2n) is 5.79. The molecule has 0 aliphatic carbocycles. The number of hydrogen-bond acceptors (Lipinski definition) is 1. The molecule has 2 rings (SSSR count). The van der Waals surface area contributed by atoms with E-state index in [2.05, 4.69) is 85.1 Å². The summed E-state index contributed by atoms with van der Waals surface area (Å²) in [4.78, 5) is 2.35. The number of benzene rings is 1. The average molecular weight is 412 g/mol. The molecule has 0 radical (unpaired) electrons. The van der Waals surface area contributed by atoms with E-state index in [0.29, 0.717) is 0 Å². The molecule has 1 aromatic heterocycles. The number of anilines is 1. The Labute approximate surface area is 155 Å². The summed E-state index contributed by atoms with van der Waals surface area (Å²) < 4.78 is 61.3. The van der Waals surface area contributed by atoms with Crippen LogP contribution in [0.5, 0.6) is 0 Å². The standard InChI is InChI=1S/C18H23N2.F6P/c1-4-20(5-2)18-13-10-16(11-14-18)9-12-17-8-6-7-15-19(17)3;1-7(2,3,4,5)6/h6-15H,4-5H2,1-3H3;/q+1;-1. The van der Waals surface area contributed by atoms with Crippen LogP contribution in [0.25, 0.3) is 12.2 Å². The van der Waals surface area contributed by atoms with Crippen LogP contribution in [0, 0.1) is 0 Å². The summed E-state index contributed by atoms with van der Waals surface area (Å²) >= 11 is 0. The molecule has 0 aliphatic heterocycles. The summed E-state index contributed by atoms with van der Waals surface area (Å²) in [5, 5.41) is 0. The Kier molecular flexibility index (Phi) is 6.71. The third-order valence-corrected chi connectivity index (χ3v) is 3.56. The SMILES string of the molecule is CCN(CC)c1ccc(/C=C/c2cccc[n+]2C)cc1.F[P-](F)(F)(F)(F)F. The van der Waals surface area contributed by atoms with Crippen molar-refractivity contribution in [2.45, 2.75) is 13.8 Å². The minimum atomic E-state index is -10.7. The van der Waals surface area contributed by atoms with Gasteiger partial charge in [-0.3, -0.25) is 0 Å². The fourth-order valence-corrected chi connectivity index (χ4v) is 2.28. The molecule has 9 heteroatoms. The van der Waals surface area contributed by atoms with Crippen molar-refractivity contribution in [3.05, 3.63) is 59.9 Å². The van der Waals surface area contributed by atoms with Gasteiger partial charge in [-0.05, 0) is 43.7 Å². The molecule has 1 heterocycles. The fourth-order valence-electron chi connectivity index (χ4n) is 2.28. The van der Waals surface area contributed by atoms with Gasteiger partial charge in [0.05, 0.1) is 0 Å². The van der Waals surface area contributed by atoms with Crippen molar-refractivity contribution in [3.8, 4) is 0 Å². The molecular weight excluding hydrogens is 389 g/mol. The molecule has 1 aromatic carbocycles. The molecule has 0 bridgehead atoms. The van der Waals surface area contributed by atoms with Crippen molar-refractivity contribution >= 4 is 25.6 Å². The number of aromatic nitrogens is 1. The van der Waals surface area contributed by atoms with E-state index in [4.69, 9.17) is 0 Å². The van der Waals surface area contributed by atoms with Gasteiger partial charge >= 0.3 is 33.0 Å². The number of rotatable bonds is 5. The van der Waals surface area contributed by atoms with Crippen molar-refractivity contribution in [2.24, 2.45) is 7.05 Å². The zero-order chi connectivity index (χ0) is 20.8. The van der Waals surface area contributed by atoms with E-state index in [1.807, 2.05) is 6.07 Å². The van der Waals surface area contributed by atoms with Crippen LogP contribution >= 0.6 is 7.81 Å². The summed E-state index contributed by atoms with van der Waals surface area (Å²) in [7, 11) is -8.60. The van der Waals surface area contributed by atoms with Crippen molar-refractivity contribution < 1.29 is 29.7 Å². The normalized spacial score (nSPS) is 14.1. The molecule has 0 aliphatic rings. The van der Waals surface area contributed by atoms with Gasteiger partial charge in [-0.15, -0.1) is 0 Å². The van der Waals surface area contributed by atoms with Gasteiger partial charge in [0.15, 0.2) is 6.20 Å². The molecule has 0 amide bonds. The van der Waals surface area contributed by atoms with Crippen LogP contribution in [-0.2, 0) is 7.05 Å². The van der Waals surface area contributed by atoms with E-state index in [1.54, 1.807) is 0 Å². The van der Waals surface area contributed by atoms with Crippen molar-refractivity contribution in [3.63, 3.8) is 0 Å². The summed E-state index contributed by atoms with van der Waals surface area (Å²) in [5.74, 6) is 0. The number of pyridine rings is 1. The van der Waals surface area contributed by atoms with E-state index in [1.165, 1.54) is 16.9 Å². The van der Waals surface area contributed by atoms with Crippen LogP contribution in [0.1, 0.15) is 25.1 Å². The van der Waals surface area contributed by atoms with E-state index >= 15 is 0 Å². The van der Waals surface area contributed by atoms with Gasteiger partial charge in [0, 0.05) is 37.0 Å². The van der Waals surface area contributed by atoms with Crippen LogP contribution in [-0.4, -0.2) is 13.1 Å². The van der Waals surface area contributed by atoms with Gasteiger partial charge in [0.1, 0.15) is 7.05 Å². The average Bonchev–Trinajstić information content (AvgIpc) is 2.53. The van der Waals surface area contributed by atoms with Gasteiger partial charge in [-0.1, -0.05) is 12.1 Å². The van der Waals surface area contributed by atoms with Crippen LogP contribution in [0.15, 0.2) is 48.7 Å². The summed E-state index contributed by atoms with van der Waals surface area (Å²) in [6, 6.07) is 14.9. The van der Waals surface area contributed by atoms with Gasteiger partial charge in [0.2, 0.25) is 5.69 Å². The maximum absolute atomic E-state index is 10.7. The van der Waals surface area contributed by atoms with Crippen LogP contribution in [0.4, 0.5) is 30.9 Å². The molecule has 0 saturated heterocycles. The zero-order valence-corrected chi connectivity index (χ0v) is 16.2. The Hall–Kier alpha value is -2.08. The monoisotopic (exact) mass is 412 g/mol. The molecule has 0 spiro atoms. The first-order chi connectivity index (χ1) is 12.2. The van der Waals surface area contributed by atoms with E-state index < -0.39 is 7.81 Å². The molecule has 27 heavy (non-hydrogen) atoms. The van der Waals surface area contributed by atoms with Crippen LogP contribution < -0.4 is 9.47 Å². The van der Waals surface area contributed by atoms with E-state index in [-0.39, 0.29) is 0 Å². The molecule has 0 fully saturated rings. The predicted molar refractivity (Wildman–Crippen MR) is 100 cm³/mol. The Balaban J connectivity index is 0.000000445. The van der Waals surface area contributed by atoms with Gasteiger partial charge in [-0.25, -0.2) is 4.57 Å². The molecule has 2 aromatic rings. The Morgan fingerprint density at radius 2 is 1.37 bits per heavy atom. The molecule has 0 N–H and O–H groups in total. The van der Waals surface area contributed by atoms with Gasteiger partial charge in [-0.2, -0.15) is 0 Å². The number of hydrogen-bond donors (Lipinski definition) is 0. The molecular formula is C18H23F6N2P. The Morgan fingerprint density at radius 3 is 1.81 bits per heavy atom. The first kappa shape index (κ1) is 23.0. The number of halogens is 6. The fraction of sp³-hybridized carbons (Fsp3) is 0.278. The topological polar surface area (TPSA) is 7.12 Å². The van der Waals surface area contributed by atoms with Crippen molar-refractivity contribution in [2.75, 3.05) is 18.0 Å². The predicted octanol–water partition coefficient (Wildman–Crippen LogP) is 6.91. The van der Waals surface area contributed by atoms with Gasteiger partial charge < -0.3 is 4.90 Å². The molecule has 152 valence electrons. The minimum absolute atomic E-state index is 1.05. The number of nitrogens with zero attached hydrogens (tertiary/aromatic N) is 2.